The Morgan fingerprint density at radius 1 is 1.26 bits per heavy atom. The lowest BCUT2D eigenvalue weighted by Gasteiger charge is -2.35. The van der Waals surface area contributed by atoms with Crippen LogP contribution in [0.1, 0.15) is 44.9 Å². The van der Waals surface area contributed by atoms with Gasteiger partial charge in [0.1, 0.15) is 0 Å². The minimum Gasteiger partial charge on any atom is -0.481 e. The molecule has 0 radical (unpaired) electrons. The van der Waals surface area contributed by atoms with Crippen molar-refractivity contribution >= 4 is 12.0 Å². The number of nitrogens with two attached hydrogens (primary N) is 1. The van der Waals surface area contributed by atoms with Gasteiger partial charge in [0.2, 0.25) is 0 Å². The molecule has 2 rings (SSSR count). The molecule has 19 heavy (non-hydrogen) atoms. The summed E-state index contributed by atoms with van der Waals surface area (Å²) >= 11 is 0. The number of urea groups is 1. The predicted octanol–water partition coefficient (Wildman–Crippen LogP) is 0.907. The Morgan fingerprint density at radius 3 is 2.37 bits per heavy atom. The van der Waals surface area contributed by atoms with E-state index in [0.29, 0.717) is 13.1 Å². The second-order valence-electron chi connectivity index (χ2n) is 5.81. The smallest absolute Gasteiger partial charge is 0.317 e. The van der Waals surface area contributed by atoms with Gasteiger partial charge in [-0.05, 0) is 25.7 Å². The number of likely N-dealkylation sites (tertiary alicyclic amines) is 1. The van der Waals surface area contributed by atoms with Gasteiger partial charge in [0, 0.05) is 19.1 Å². The monoisotopic (exact) mass is 269 g/mol. The average molecular weight is 269 g/mol. The number of carbonyl (C=O) groups excluding carboxylic acids is 1. The average Bonchev–Trinajstić information content (AvgIpc) is 2.77. The largest absolute Gasteiger partial charge is 0.481 e. The molecule has 2 amide bonds. The zero-order valence-electron chi connectivity index (χ0n) is 11.2. The molecule has 6 nitrogen and oxygen atoms in total. The summed E-state index contributed by atoms with van der Waals surface area (Å²) in [4.78, 5) is 25.0. The third-order valence-corrected chi connectivity index (χ3v) is 4.25. The van der Waals surface area contributed by atoms with Gasteiger partial charge in [-0.25, -0.2) is 4.79 Å². The first-order valence-corrected chi connectivity index (χ1v) is 7.05. The van der Waals surface area contributed by atoms with Gasteiger partial charge in [0.25, 0.3) is 0 Å². The highest BCUT2D eigenvalue weighted by atomic mass is 16.4. The summed E-state index contributed by atoms with van der Waals surface area (Å²) < 4.78 is 0. The van der Waals surface area contributed by atoms with Crippen molar-refractivity contribution in [2.24, 2.45) is 5.73 Å². The number of piperidine rings is 1. The number of carbonyl (C=O) groups is 2. The molecule has 6 heteroatoms. The number of nitrogens with one attached hydrogen (secondary N) is 1. The summed E-state index contributed by atoms with van der Waals surface area (Å²) in [7, 11) is 0. The molecule has 1 aliphatic heterocycles. The number of hydrogen-bond donors (Lipinski definition) is 3. The van der Waals surface area contributed by atoms with E-state index >= 15 is 0 Å². The zero-order chi connectivity index (χ0) is 13.9. The number of carboxylic acid groups (broad SMARTS) is 1. The summed E-state index contributed by atoms with van der Waals surface area (Å²) in [5.41, 5.74) is 5.28. The van der Waals surface area contributed by atoms with Crippen LogP contribution < -0.4 is 11.1 Å². The highest BCUT2D eigenvalue weighted by Gasteiger charge is 2.38. The fourth-order valence-electron chi connectivity index (χ4n) is 3.10. The molecule has 0 bridgehead atoms. The molecular weight excluding hydrogens is 246 g/mol. The summed E-state index contributed by atoms with van der Waals surface area (Å²) in [6.45, 7) is 1.33. The highest BCUT2D eigenvalue weighted by molar-refractivity contribution is 5.77. The molecule has 4 N–H and O–H groups in total. The van der Waals surface area contributed by atoms with Crippen molar-refractivity contribution in [1.82, 2.24) is 10.2 Å². The Hall–Kier alpha value is -1.30. The lowest BCUT2D eigenvalue weighted by atomic mass is 9.93. The Kier molecular flexibility index (Phi) is 4.29. The van der Waals surface area contributed by atoms with Crippen molar-refractivity contribution in [2.75, 3.05) is 13.1 Å². The maximum absolute atomic E-state index is 12.2. The Balaban J connectivity index is 1.93. The van der Waals surface area contributed by atoms with Crippen LogP contribution >= 0.6 is 0 Å². The molecule has 0 spiro atoms. The van der Waals surface area contributed by atoms with E-state index in [1.165, 1.54) is 0 Å². The van der Waals surface area contributed by atoms with Gasteiger partial charge in [-0.3, -0.25) is 4.79 Å². The van der Waals surface area contributed by atoms with E-state index < -0.39 is 11.5 Å². The minimum absolute atomic E-state index is 0.0199. The number of nitrogens with zero attached hydrogens (tertiary/aromatic N) is 1. The summed E-state index contributed by atoms with van der Waals surface area (Å²) in [6, 6.07) is 0.0542. The molecular formula is C13H23N3O3. The lowest BCUT2D eigenvalue weighted by Crippen LogP contribution is -2.55. The molecule has 1 saturated carbocycles. The van der Waals surface area contributed by atoms with Crippen molar-refractivity contribution in [3.63, 3.8) is 0 Å². The lowest BCUT2D eigenvalue weighted by molar-refractivity contribution is -0.138. The van der Waals surface area contributed by atoms with Crippen LogP contribution in [0.2, 0.25) is 0 Å². The number of carboxylic acids is 1. The van der Waals surface area contributed by atoms with Gasteiger partial charge in [0.05, 0.1) is 12.0 Å². The van der Waals surface area contributed by atoms with Crippen LogP contribution in [0.15, 0.2) is 0 Å². The van der Waals surface area contributed by atoms with Crippen molar-refractivity contribution in [2.45, 2.75) is 56.5 Å². The second-order valence-corrected chi connectivity index (χ2v) is 5.81. The Labute approximate surface area is 113 Å². The molecule has 2 aliphatic rings. The van der Waals surface area contributed by atoms with Crippen molar-refractivity contribution in [3.8, 4) is 0 Å². The minimum atomic E-state index is -0.845. The molecule has 0 aromatic heterocycles. The molecule has 0 aromatic rings. The molecule has 1 aliphatic carbocycles. The van der Waals surface area contributed by atoms with Crippen molar-refractivity contribution in [3.05, 3.63) is 0 Å². The number of rotatable bonds is 3. The highest BCUT2D eigenvalue weighted by Crippen LogP contribution is 2.33. The normalized spacial score (nSPS) is 23.3. The SMILES string of the molecule is NC1CCN(C(=O)NC2(CC(=O)O)CCCC2)CC1. The molecule has 0 aromatic carbocycles. The number of amides is 2. The van der Waals surface area contributed by atoms with E-state index in [2.05, 4.69) is 5.32 Å². The quantitative estimate of drug-likeness (QED) is 0.709. The third kappa shape index (κ3) is 3.59. The molecule has 0 unspecified atom stereocenters. The second kappa shape index (κ2) is 5.77. The van der Waals surface area contributed by atoms with Gasteiger partial charge in [0.15, 0.2) is 0 Å². The van der Waals surface area contributed by atoms with Gasteiger partial charge in [-0.2, -0.15) is 0 Å². The van der Waals surface area contributed by atoms with E-state index in [1.54, 1.807) is 4.90 Å². The standard InChI is InChI=1S/C13H23N3O3/c14-10-3-7-16(8-4-10)12(19)15-13(9-11(17)18)5-1-2-6-13/h10H,1-9,14H2,(H,15,19)(H,17,18). The third-order valence-electron chi connectivity index (χ3n) is 4.25. The first kappa shape index (κ1) is 14.1. The molecule has 108 valence electrons. The maximum Gasteiger partial charge on any atom is 0.317 e. The number of hydrogen-bond acceptors (Lipinski definition) is 3. The van der Waals surface area contributed by atoms with Crippen LogP contribution in [-0.4, -0.2) is 46.7 Å². The summed E-state index contributed by atoms with van der Waals surface area (Å²) in [5.74, 6) is -0.845. The van der Waals surface area contributed by atoms with Gasteiger partial charge in [-0.15, -0.1) is 0 Å². The molecule has 1 saturated heterocycles. The Morgan fingerprint density at radius 2 is 1.84 bits per heavy atom. The van der Waals surface area contributed by atoms with E-state index in [0.717, 1.165) is 38.5 Å². The summed E-state index contributed by atoms with van der Waals surface area (Å²) in [5, 5.41) is 12.0. The number of aliphatic carboxylic acids is 1. The van der Waals surface area contributed by atoms with Crippen LogP contribution in [0.4, 0.5) is 4.79 Å². The molecule has 2 fully saturated rings. The zero-order valence-corrected chi connectivity index (χ0v) is 11.2. The van der Waals surface area contributed by atoms with E-state index in [4.69, 9.17) is 10.8 Å². The molecule has 1 heterocycles. The van der Waals surface area contributed by atoms with Crippen LogP contribution in [-0.2, 0) is 4.79 Å². The predicted molar refractivity (Wildman–Crippen MR) is 70.8 cm³/mol. The van der Waals surface area contributed by atoms with E-state index in [9.17, 15) is 9.59 Å². The van der Waals surface area contributed by atoms with Gasteiger partial charge >= 0.3 is 12.0 Å². The topological polar surface area (TPSA) is 95.7 Å². The maximum atomic E-state index is 12.2. The van der Waals surface area contributed by atoms with E-state index in [-0.39, 0.29) is 18.5 Å². The fraction of sp³-hybridized carbons (Fsp3) is 0.846. The van der Waals surface area contributed by atoms with Gasteiger partial charge in [-0.1, -0.05) is 12.8 Å². The first-order valence-electron chi connectivity index (χ1n) is 7.05. The molecule has 0 atom stereocenters. The van der Waals surface area contributed by atoms with Crippen molar-refractivity contribution in [1.29, 1.82) is 0 Å². The first-order chi connectivity index (χ1) is 9.01. The van der Waals surface area contributed by atoms with E-state index in [1.807, 2.05) is 0 Å². The Bertz CT molecular complexity index is 345. The summed E-state index contributed by atoms with van der Waals surface area (Å²) in [6.07, 6.45) is 5.15. The van der Waals surface area contributed by atoms with Crippen LogP contribution in [0, 0.1) is 0 Å². The fourth-order valence-corrected chi connectivity index (χ4v) is 3.10. The van der Waals surface area contributed by atoms with Crippen LogP contribution in [0.3, 0.4) is 0 Å². The van der Waals surface area contributed by atoms with Crippen molar-refractivity contribution < 1.29 is 14.7 Å². The van der Waals surface area contributed by atoms with Gasteiger partial charge < -0.3 is 21.1 Å². The van der Waals surface area contributed by atoms with Crippen LogP contribution in [0.5, 0.6) is 0 Å². The van der Waals surface area contributed by atoms with Crippen LogP contribution in [0.25, 0.3) is 0 Å².